The van der Waals surface area contributed by atoms with Crippen molar-refractivity contribution in [3.05, 3.63) is 52.5 Å². The molecule has 4 nitrogen and oxygen atoms in total. The van der Waals surface area contributed by atoms with E-state index in [-0.39, 0.29) is 11.1 Å². The summed E-state index contributed by atoms with van der Waals surface area (Å²) in [4.78, 5) is 16.7. The van der Waals surface area contributed by atoms with Crippen LogP contribution in [0.5, 0.6) is 0 Å². The highest BCUT2D eigenvalue weighted by atomic mass is 79.9. The zero-order valence-electron chi connectivity index (χ0n) is 14.0. The predicted octanol–water partition coefficient (Wildman–Crippen LogP) is 5.62. The second-order valence-electron chi connectivity index (χ2n) is 5.76. The molecule has 0 spiro atoms. The third-order valence-electron chi connectivity index (χ3n) is 3.79. The van der Waals surface area contributed by atoms with Gasteiger partial charge in [0.25, 0.3) is 0 Å². The first-order chi connectivity index (χ1) is 12.4. The number of halogens is 3. The second kappa shape index (κ2) is 7.75. The lowest BCUT2D eigenvalue weighted by atomic mass is 10.2. The first-order valence-electron chi connectivity index (χ1n) is 7.85. The molecule has 1 amide bonds. The van der Waals surface area contributed by atoms with E-state index in [0.29, 0.717) is 16.7 Å². The molecule has 0 saturated heterocycles. The number of carbonyl (C=O) groups excluding carboxylic acids is 1. The number of imidazole rings is 1. The fourth-order valence-corrected chi connectivity index (χ4v) is 3.98. The first kappa shape index (κ1) is 18.8. The van der Waals surface area contributed by atoms with Crippen molar-refractivity contribution in [2.24, 2.45) is 0 Å². The average Bonchev–Trinajstić information content (AvgIpc) is 2.95. The number of thioether (sulfide) groups is 1. The average molecular weight is 440 g/mol. The van der Waals surface area contributed by atoms with Crippen LogP contribution in [0.1, 0.15) is 19.0 Å². The topological polar surface area (TPSA) is 46.9 Å². The minimum absolute atomic E-state index is 0.117. The Balaban J connectivity index is 1.81. The van der Waals surface area contributed by atoms with Gasteiger partial charge >= 0.3 is 6.55 Å². The molecule has 3 aromatic rings. The van der Waals surface area contributed by atoms with Gasteiger partial charge in [0.15, 0.2) is 5.16 Å². The minimum Gasteiger partial charge on any atom is -0.324 e. The number of hydrogen-bond acceptors (Lipinski definition) is 3. The Morgan fingerprint density at radius 2 is 2.00 bits per heavy atom. The Morgan fingerprint density at radius 1 is 1.27 bits per heavy atom. The maximum absolute atomic E-state index is 13.5. The van der Waals surface area contributed by atoms with E-state index >= 15 is 0 Å². The summed E-state index contributed by atoms with van der Waals surface area (Å²) in [6, 6.07) is 12.3. The van der Waals surface area contributed by atoms with E-state index in [0.717, 1.165) is 26.4 Å². The Kier molecular flexibility index (Phi) is 5.62. The number of para-hydroxylation sites is 2. The highest BCUT2D eigenvalue weighted by Crippen LogP contribution is 2.32. The SMILES string of the molecule is Cc1ccc(NC(=O)C(C)Sc2nc3ccccc3n2C(F)F)c(Br)c1. The molecule has 1 unspecified atom stereocenters. The summed E-state index contributed by atoms with van der Waals surface area (Å²) in [5, 5.41) is 2.33. The van der Waals surface area contributed by atoms with Gasteiger partial charge in [-0.3, -0.25) is 9.36 Å². The molecule has 0 radical (unpaired) electrons. The van der Waals surface area contributed by atoms with Crippen molar-refractivity contribution in [3.8, 4) is 0 Å². The third kappa shape index (κ3) is 3.91. The van der Waals surface area contributed by atoms with Crippen LogP contribution in [0.15, 0.2) is 52.1 Å². The highest BCUT2D eigenvalue weighted by Gasteiger charge is 2.23. The van der Waals surface area contributed by atoms with E-state index in [1.807, 2.05) is 19.1 Å². The lowest BCUT2D eigenvalue weighted by Gasteiger charge is -2.14. The van der Waals surface area contributed by atoms with E-state index in [9.17, 15) is 13.6 Å². The van der Waals surface area contributed by atoms with Crippen LogP contribution in [0.2, 0.25) is 0 Å². The summed E-state index contributed by atoms with van der Waals surface area (Å²) < 4.78 is 28.6. The summed E-state index contributed by atoms with van der Waals surface area (Å²) in [5.41, 5.74) is 2.52. The Bertz CT molecular complexity index is 961. The van der Waals surface area contributed by atoms with Gasteiger partial charge in [-0.15, -0.1) is 0 Å². The summed E-state index contributed by atoms with van der Waals surface area (Å²) >= 11 is 4.41. The molecule has 0 aliphatic carbocycles. The van der Waals surface area contributed by atoms with E-state index in [1.165, 1.54) is 0 Å². The van der Waals surface area contributed by atoms with Gasteiger partial charge in [-0.25, -0.2) is 4.98 Å². The van der Waals surface area contributed by atoms with Crippen LogP contribution in [0, 0.1) is 6.92 Å². The molecule has 0 fully saturated rings. The lowest BCUT2D eigenvalue weighted by molar-refractivity contribution is -0.115. The van der Waals surface area contributed by atoms with Gasteiger partial charge in [0.1, 0.15) is 0 Å². The molecule has 1 heterocycles. The van der Waals surface area contributed by atoms with Crippen molar-refractivity contribution in [2.45, 2.75) is 30.8 Å². The zero-order valence-corrected chi connectivity index (χ0v) is 16.4. The van der Waals surface area contributed by atoms with Crippen molar-refractivity contribution in [1.82, 2.24) is 9.55 Å². The number of rotatable bonds is 5. The molecule has 136 valence electrons. The fraction of sp³-hybridized carbons (Fsp3) is 0.222. The van der Waals surface area contributed by atoms with Crippen molar-refractivity contribution in [3.63, 3.8) is 0 Å². The second-order valence-corrected chi connectivity index (χ2v) is 7.93. The standard InChI is InChI=1S/C18H16BrF2N3OS/c1-10-7-8-13(12(19)9-10)22-16(25)11(2)26-18-23-14-5-3-4-6-15(14)24(18)17(20)21/h3-9,11,17H,1-2H3,(H,22,25). The van der Waals surface area contributed by atoms with Gasteiger partial charge < -0.3 is 5.32 Å². The number of aromatic nitrogens is 2. The number of alkyl halides is 2. The number of amides is 1. The van der Waals surface area contributed by atoms with E-state index in [1.54, 1.807) is 37.3 Å². The molecule has 26 heavy (non-hydrogen) atoms. The zero-order chi connectivity index (χ0) is 18.8. The molecule has 2 aromatic carbocycles. The van der Waals surface area contributed by atoms with Gasteiger partial charge in [0, 0.05) is 4.47 Å². The normalized spacial score (nSPS) is 12.5. The van der Waals surface area contributed by atoms with Gasteiger partial charge in [-0.1, -0.05) is 30.0 Å². The van der Waals surface area contributed by atoms with Crippen LogP contribution in [0.4, 0.5) is 14.5 Å². The summed E-state index contributed by atoms with van der Waals surface area (Å²) in [7, 11) is 0. The van der Waals surface area contributed by atoms with Gasteiger partial charge in [-0.05, 0) is 59.6 Å². The summed E-state index contributed by atoms with van der Waals surface area (Å²) in [5.74, 6) is -0.285. The smallest absolute Gasteiger partial charge is 0.321 e. The lowest BCUT2D eigenvalue weighted by Crippen LogP contribution is -2.23. The van der Waals surface area contributed by atoms with Crippen molar-refractivity contribution < 1.29 is 13.6 Å². The monoisotopic (exact) mass is 439 g/mol. The Morgan fingerprint density at radius 3 is 2.69 bits per heavy atom. The largest absolute Gasteiger partial charge is 0.324 e. The molecule has 1 N–H and O–H groups in total. The molecule has 0 saturated carbocycles. The summed E-state index contributed by atoms with van der Waals surface area (Å²) in [6.45, 7) is 0.882. The Hall–Kier alpha value is -1.93. The number of benzene rings is 2. The van der Waals surface area contributed by atoms with Gasteiger partial charge in [-0.2, -0.15) is 8.78 Å². The fourth-order valence-electron chi connectivity index (χ4n) is 2.46. The van der Waals surface area contributed by atoms with Crippen molar-refractivity contribution >= 4 is 50.3 Å². The summed E-state index contributed by atoms with van der Waals surface area (Å²) in [6.07, 6.45) is 0. The highest BCUT2D eigenvalue weighted by molar-refractivity contribution is 9.10. The number of carbonyl (C=O) groups is 1. The van der Waals surface area contributed by atoms with Crippen molar-refractivity contribution in [1.29, 1.82) is 0 Å². The maximum atomic E-state index is 13.5. The number of anilines is 1. The molecule has 3 rings (SSSR count). The predicted molar refractivity (Wildman–Crippen MR) is 104 cm³/mol. The maximum Gasteiger partial charge on any atom is 0.321 e. The minimum atomic E-state index is -2.73. The molecule has 1 atom stereocenters. The number of fused-ring (bicyclic) bond motifs is 1. The quantitative estimate of drug-likeness (QED) is 0.524. The van der Waals surface area contributed by atoms with Crippen LogP contribution in [0.3, 0.4) is 0 Å². The molecule has 0 aliphatic heterocycles. The van der Waals surface area contributed by atoms with Gasteiger partial charge in [0.2, 0.25) is 5.91 Å². The number of nitrogens with one attached hydrogen (secondary N) is 1. The van der Waals surface area contributed by atoms with Crippen LogP contribution < -0.4 is 5.32 Å². The molecular weight excluding hydrogens is 424 g/mol. The van der Waals surface area contributed by atoms with Crippen LogP contribution in [-0.2, 0) is 4.79 Å². The van der Waals surface area contributed by atoms with Crippen LogP contribution in [0.25, 0.3) is 11.0 Å². The van der Waals surface area contributed by atoms with Crippen molar-refractivity contribution in [2.75, 3.05) is 5.32 Å². The number of hydrogen-bond donors (Lipinski definition) is 1. The third-order valence-corrected chi connectivity index (χ3v) is 5.52. The van der Waals surface area contributed by atoms with E-state index in [4.69, 9.17) is 0 Å². The first-order valence-corrected chi connectivity index (χ1v) is 9.53. The molecule has 0 aliphatic rings. The van der Waals surface area contributed by atoms with Crippen LogP contribution in [-0.4, -0.2) is 20.7 Å². The Labute approximate surface area is 162 Å². The molecule has 8 heteroatoms. The van der Waals surface area contributed by atoms with E-state index < -0.39 is 11.8 Å². The molecule has 0 bridgehead atoms. The number of nitrogens with zero attached hydrogens (tertiary/aromatic N) is 2. The van der Waals surface area contributed by atoms with E-state index in [2.05, 4.69) is 26.2 Å². The molecular formula is C18H16BrF2N3OS. The molecule has 1 aromatic heterocycles. The number of aryl methyl sites for hydroxylation is 1. The van der Waals surface area contributed by atoms with Crippen LogP contribution >= 0.6 is 27.7 Å². The van der Waals surface area contributed by atoms with Gasteiger partial charge in [0.05, 0.1) is 22.0 Å².